The molecule has 24 heavy (non-hydrogen) atoms. The predicted molar refractivity (Wildman–Crippen MR) is 92.9 cm³/mol. The van der Waals surface area contributed by atoms with E-state index in [-0.39, 0.29) is 35.8 Å². The van der Waals surface area contributed by atoms with Crippen LogP contribution in [0.2, 0.25) is 0 Å². The number of ether oxygens (including phenoxy) is 2. The second kappa shape index (κ2) is 8.20. The van der Waals surface area contributed by atoms with Crippen molar-refractivity contribution in [1.29, 1.82) is 0 Å². The number of fused-ring (bicyclic) bond motifs is 1. The first-order valence-electron chi connectivity index (χ1n) is 7.09. The number of carbonyl (C=O) groups is 2. The first-order valence-corrected chi connectivity index (χ1v) is 8.65. The van der Waals surface area contributed by atoms with Crippen LogP contribution in [-0.4, -0.2) is 52.7 Å². The number of phenols is 1. The standard InChI is InChI=1S/C15H17NO6S2/c1-21-8-4-9-10(12(17)5-8)6-24-7-11(14(18)19)16-13(23)2-3-22-15(9)20/h4-5,11,17H,2-3,6-7H2,1H3,(H,16,23)(H,18,19)/t11-/m0/s1. The van der Waals surface area contributed by atoms with Crippen molar-refractivity contribution >= 4 is 40.9 Å². The highest BCUT2D eigenvalue weighted by Crippen LogP contribution is 2.32. The molecule has 1 atom stereocenters. The SMILES string of the molecule is COc1cc(O)c2c(c1)C(=O)OCCC(=S)N[C@H](C(=O)O)CSC2. The van der Waals surface area contributed by atoms with E-state index in [1.165, 1.54) is 31.0 Å². The lowest BCUT2D eigenvalue weighted by atomic mass is 10.1. The minimum atomic E-state index is -1.02. The maximum atomic E-state index is 12.3. The van der Waals surface area contributed by atoms with Crippen LogP contribution in [0.4, 0.5) is 0 Å². The summed E-state index contributed by atoms with van der Waals surface area (Å²) in [5, 5.41) is 22.1. The summed E-state index contributed by atoms with van der Waals surface area (Å²) in [6.45, 7) is 0.0154. The Morgan fingerprint density at radius 2 is 2.25 bits per heavy atom. The van der Waals surface area contributed by atoms with Crippen LogP contribution >= 0.6 is 24.0 Å². The highest BCUT2D eigenvalue weighted by Gasteiger charge is 2.23. The number of carboxylic acids is 1. The number of benzene rings is 1. The van der Waals surface area contributed by atoms with E-state index in [4.69, 9.17) is 21.7 Å². The number of aromatic hydroxyl groups is 1. The molecule has 1 aliphatic heterocycles. The molecular formula is C15H17NO6S2. The number of phenolic OH excluding ortho intramolecular Hbond substituents is 1. The molecular weight excluding hydrogens is 354 g/mol. The Bertz CT molecular complexity index is 664. The van der Waals surface area contributed by atoms with Crippen molar-refractivity contribution in [2.45, 2.75) is 18.2 Å². The number of rotatable bonds is 2. The molecule has 1 heterocycles. The molecule has 1 aliphatic rings. The number of thioether (sulfide) groups is 1. The molecule has 0 unspecified atom stereocenters. The van der Waals surface area contributed by atoms with Gasteiger partial charge < -0.3 is 25.0 Å². The maximum Gasteiger partial charge on any atom is 0.338 e. The number of aliphatic carboxylic acids is 1. The van der Waals surface area contributed by atoms with Gasteiger partial charge in [-0.2, -0.15) is 11.8 Å². The molecule has 0 saturated carbocycles. The predicted octanol–water partition coefficient (Wildman–Crippen LogP) is 1.56. The lowest BCUT2D eigenvalue weighted by Crippen LogP contribution is -2.42. The Morgan fingerprint density at radius 1 is 1.50 bits per heavy atom. The van der Waals surface area contributed by atoms with Gasteiger partial charge in [0, 0.05) is 29.6 Å². The lowest BCUT2D eigenvalue weighted by molar-refractivity contribution is -0.138. The molecule has 0 amide bonds. The minimum absolute atomic E-state index is 0.0154. The molecule has 0 aliphatic carbocycles. The van der Waals surface area contributed by atoms with Crippen molar-refractivity contribution in [3.8, 4) is 11.5 Å². The second-order valence-corrected chi connectivity index (χ2v) is 6.56. The van der Waals surface area contributed by atoms with Gasteiger partial charge in [-0.15, -0.1) is 0 Å². The second-order valence-electron chi connectivity index (χ2n) is 5.03. The molecule has 130 valence electrons. The zero-order valence-corrected chi connectivity index (χ0v) is 14.5. The zero-order chi connectivity index (χ0) is 17.7. The summed E-state index contributed by atoms with van der Waals surface area (Å²) in [5.74, 6) is -0.883. The molecule has 0 bridgehead atoms. The average Bonchev–Trinajstić information content (AvgIpc) is 2.53. The summed E-state index contributed by atoms with van der Waals surface area (Å²) in [6, 6.07) is 2.05. The van der Waals surface area contributed by atoms with E-state index in [0.717, 1.165) is 0 Å². The van der Waals surface area contributed by atoms with Crippen LogP contribution in [0, 0.1) is 0 Å². The first kappa shape index (κ1) is 18.3. The Labute approximate surface area is 148 Å². The van der Waals surface area contributed by atoms with Gasteiger partial charge >= 0.3 is 11.9 Å². The molecule has 2 rings (SSSR count). The van der Waals surface area contributed by atoms with Gasteiger partial charge in [0.1, 0.15) is 17.5 Å². The minimum Gasteiger partial charge on any atom is -0.507 e. The summed E-state index contributed by atoms with van der Waals surface area (Å²) >= 11 is 6.34. The third-order valence-electron chi connectivity index (χ3n) is 3.38. The Morgan fingerprint density at radius 3 is 2.92 bits per heavy atom. The van der Waals surface area contributed by atoms with Crippen molar-refractivity contribution in [3.63, 3.8) is 0 Å². The molecule has 9 heteroatoms. The van der Waals surface area contributed by atoms with Crippen molar-refractivity contribution in [1.82, 2.24) is 5.32 Å². The number of hydrogen-bond acceptors (Lipinski definition) is 7. The fourth-order valence-corrected chi connectivity index (χ4v) is 3.43. The third kappa shape index (κ3) is 4.51. The van der Waals surface area contributed by atoms with E-state index >= 15 is 0 Å². The first-order chi connectivity index (χ1) is 11.4. The molecule has 1 aromatic carbocycles. The number of carbonyl (C=O) groups excluding carboxylic acids is 1. The molecule has 0 radical (unpaired) electrons. The highest BCUT2D eigenvalue weighted by atomic mass is 32.2. The lowest BCUT2D eigenvalue weighted by Gasteiger charge is -2.19. The number of carboxylic acid groups (broad SMARTS) is 1. The normalized spacial score (nSPS) is 19.1. The molecule has 0 spiro atoms. The third-order valence-corrected chi connectivity index (χ3v) is 4.77. The van der Waals surface area contributed by atoms with Crippen LogP contribution in [0.5, 0.6) is 11.5 Å². The van der Waals surface area contributed by atoms with Gasteiger partial charge in [0.2, 0.25) is 0 Å². The number of nitrogens with one attached hydrogen (secondary N) is 1. The fourth-order valence-electron chi connectivity index (χ4n) is 2.12. The number of methoxy groups -OCH3 is 1. The van der Waals surface area contributed by atoms with Gasteiger partial charge in [-0.05, 0) is 6.07 Å². The molecule has 0 aromatic heterocycles. The molecule has 7 nitrogen and oxygen atoms in total. The van der Waals surface area contributed by atoms with Crippen molar-refractivity contribution in [2.24, 2.45) is 0 Å². The summed E-state index contributed by atoms with van der Waals surface area (Å²) in [7, 11) is 1.43. The van der Waals surface area contributed by atoms with E-state index in [2.05, 4.69) is 5.32 Å². The van der Waals surface area contributed by atoms with Crippen LogP contribution < -0.4 is 10.1 Å². The summed E-state index contributed by atoms with van der Waals surface area (Å²) in [5.41, 5.74) is 0.587. The number of thiocarbonyl (C=S) groups is 1. The number of esters is 1. The highest BCUT2D eigenvalue weighted by molar-refractivity contribution is 7.98. The molecule has 3 N–H and O–H groups in total. The number of hydrogen-bond donors (Lipinski definition) is 3. The largest absolute Gasteiger partial charge is 0.507 e. The van der Waals surface area contributed by atoms with Crippen LogP contribution in [0.15, 0.2) is 12.1 Å². The van der Waals surface area contributed by atoms with Gasteiger partial charge in [-0.25, -0.2) is 9.59 Å². The van der Waals surface area contributed by atoms with Gasteiger partial charge in [-0.3, -0.25) is 0 Å². The van der Waals surface area contributed by atoms with E-state index in [0.29, 0.717) is 16.3 Å². The van der Waals surface area contributed by atoms with Crippen molar-refractivity contribution < 1.29 is 29.3 Å². The van der Waals surface area contributed by atoms with Crippen LogP contribution in [0.1, 0.15) is 22.3 Å². The van der Waals surface area contributed by atoms with Gasteiger partial charge in [0.25, 0.3) is 0 Å². The van der Waals surface area contributed by atoms with Gasteiger partial charge in [0.05, 0.1) is 24.3 Å². The number of cyclic esters (lactones) is 1. The summed E-state index contributed by atoms with van der Waals surface area (Å²) in [4.78, 5) is 23.9. The molecule has 1 aromatic rings. The van der Waals surface area contributed by atoms with E-state index in [1.807, 2.05) is 0 Å². The smallest absolute Gasteiger partial charge is 0.338 e. The topological polar surface area (TPSA) is 105 Å². The monoisotopic (exact) mass is 371 g/mol. The van der Waals surface area contributed by atoms with Crippen LogP contribution in [0.3, 0.4) is 0 Å². The zero-order valence-electron chi connectivity index (χ0n) is 12.9. The summed E-state index contributed by atoms with van der Waals surface area (Å²) in [6.07, 6.45) is 0.223. The fraction of sp³-hybridized carbons (Fsp3) is 0.400. The Hall–Kier alpha value is -2.00. The van der Waals surface area contributed by atoms with E-state index in [9.17, 15) is 19.8 Å². The van der Waals surface area contributed by atoms with Crippen LogP contribution in [-0.2, 0) is 15.3 Å². The molecule has 0 fully saturated rings. The average molecular weight is 371 g/mol. The maximum absolute atomic E-state index is 12.3. The van der Waals surface area contributed by atoms with Gasteiger partial charge in [0.15, 0.2) is 0 Å². The Kier molecular flexibility index (Phi) is 6.27. The quantitative estimate of drug-likeness (QED) is 0.527. The summed E-state index contributed by atoms with van der Waals surface area (Å²) < 4.78 is 10.2. The van der Waals surface area contributed by atoms with E-state index < -0.39 is 18.0 Å². The van der Waals surface area contributed by atoms with Crippen LogP contribution in [0.25, 0.3) is 0 Å². The van der Waals surface area contributed by atoms with Gasteiger partial charge in [-0.1, -0.05) is 12.2 Å². The van der Waals surface area contributed by atoms with E-state index in [1.54, 1.807) is 0 Å². The Balaban J connectivity index is 2.32. The van der Waals surface area contributed by atoms with Crippen molar-refractivity contribution in [3.05, 3.63) is 23.3 Å². The molecule has 0 saturated heterocycles. The van der Waals surface area contributed by atoms with Crippen molar-refractivity contribution in [2.75, 3.05) is 19.5 Å².